The van der Waals surface area contributed by atoms with Crippen molar-refractivity contribution in [3.05, 3.63) is 53.5 Å². The zero-order chi connectivity index (χ0) is 13.1. The largest absolute Gasteiger partial charge is 0.311 e. The molecule has 0 spiro atoms. The Morgan fingerprint density at radius 1 is 1.11 bits per heavy atom. The molecule has 1 N–H and O–H groups in total. The van der Waals surface area contributed by atoms with E-state index in [2.05, 4.69) is 60.1 Å². The van der Waals surface area contributed by atoms with Crippen LogP contribution in [0.4, 0.5) is 0 Å². The van der Waals surface area contributed by atoms with Gasteiger partial charge in [0.05, 0.1) is 5.69 Å². The molecule has 0 unspecified atom stereocenters. The molecule has 1 heterocycles. The third-order valence-electron chi connectivity index (χ3n) is 3.13. The van der Waals surface area contributed by atoms with E-state index in [9.17, 15) is 0 Å². The third-order valence-corrected chi connectivity index (χ3v) is 4.05. The van der Waals surface area contributed by atoms with Crippen LogP contribution >= 0.6 is 11.3 Å². The fourth-order valence-electron chi connectivity index (χ4n) is 2.18. The molecule has 0 aliphatic carbocycles. The molecule has 96 valence electrons. The smallest absolute Gasteiger partial charge is 0.124 e. The van der Waals surface area contributed by atoms with Crippen LogP contribution in [0.2, 0.25) is 0 Å². The minimum absolute atomic E-state index is 0.845. The van der Waals surface area contributed by atoms with Gasteiger partial charge >= 0.3 is 0 Å². The van der Waals surface area contributed by atoms with Crippen molar-refractivity contribution in [1.82, 2.24) is 10.3 Å². The topological polar surface area (TPSA) is 24.9 Å². The van der Waals surface area contributed by atoms with E-state index in [0.717, 1.165) is 23.8 Å². The number of hydrogen-bond acceptors (Lipinski definition) is 3. The minimum atomic E-state index is 0.845. The summed E-state index contributed by atoms with van der Waals surface area (Å²) in [7, 11) is 0. The van der Waals surface area contributed by atoms with E-state index in [0.29, 0.717) is 0 Å². The molecule has 0 fully saturated rings. The maximum absolute atomic E-state index is 4.72. The maximum Gasteiger partial charge on any atom is 0.124 e. The Bertz CT molecular complexity index is 683. The minimum Gasteiger partial charge on any atom is -0.311 e. The van der Waals surface area contributed by atoms with Crippen LogP contribution in [0, 0.1) is 0 Å². The van der Waals surface area contributed by atoms with Crippen LogP contribution in [-0.2, 0) is 6.54 Å². The maximum atomic E-state index is 4.72. The second-order valence-corrected chi connectivity index (χ2v) is 5.31. The zero-order valence-corrected chi connectivity index (χ0v) is 11.7. The summed E-state index contributed by atoms with van der Waals surface area (Å²) < 4.78 is 0. The molecule has 2 aromatic carbocycles. The van der Waals surface area contributed by atoms with Gasteiger partial charge in [0.25, 0.3) is 0 Å². The molecular formula is C16H16N2S. The van der Waals surface area contributed by atoms with Crippen LogP contribution in [0.3, 0.4) is 0 Å². The lowest BCUT2D eigenvalue weighted by atomic mass is 10.1. The zero-order valence-electron chi connectivity index (χ0n) is 10.9. The molecule has 0 radical (unpaired) electrons. The van der Waals surface area contributed by atoms with Gasteiger partial charge in [0.15, 0.2) is 0 Å². The first-order chi connectivity index (χ1) is 9.38. The van der Waals surface area contributed by atoms with Gasteiger partial charge in [-0.15, -0.1) is 11.3 Å². The van der Waals surface area contributed by atoms with Crippen molar-refractivity contribution in [3.63, 3.8) is 0 Å². The number of nitrogens with one attached hydrogen (secondary N) is 1. The lowest BCUT2D eigenvalue weighted by molar-refractivity contribution is 0.715. The summed E-state index contributed by atoms with van der Waals surface area (Å²) in [4.78, 5) is 4.72. The number of nitrogens with zero attached hydrogens (tertiary/aromatic N) is 1. The highest BCUT2D eigenvalue weighted by molar-refractivity contribution is 7.13. The average molecular weight is 268 g/mol. The predicted octanol–water partition coefficient (Wildman–Crippen LogP) is 4.07. The van der Waals surface area contributed by atoms with Gasteiger partial charge in [-0.3, -0.25) is 0 Å². The molecule has 0 saturated carbocycles. The van der Waals surface area contributed by atoms with E-state index in [-0.39, 0.29) is 0 Å². The Balaban J connectivity index is 2.02. The highest BCUT2D eigenvalue weighted by Gasteiger charge is 2.07. The molecule has 3 rings (SSSR count). The first kappa shape index (κ1) is 12.3. The van der Waals surface area contributed by atoms with Crippen LogP contribution in [0.1, 0.15) is 12.6 Å². The third kappa shape index (κ3) is 2.53. The fraction of sp³-hybridized carbons (Fsp3) is 0.188. The lowest BCUT2D eigenvalue weighted by Crippen LogP contribution is -2.11. The number of fused-ring (bicyclic) bond motifs is 1. The molecule has 0 amide bonds. The molecule has 3 aromatic rings. The predicted molar refractivity (Wildman–Crippen MR) is 82.4 cm³/mol. The van der Waals surface area contributed by atoms with Gasteiger partial charge in [0.1, 0.15) is 5.01 Å². The average Bonchev–Trinajstić information content (AvgIpc) is 2.93. The van der Waals surface area contributed by atoms with Crippen molar-refractivity contribution < 1.29 is 0 Å². The van der Waals surface area contributed by atoms with Crippen LogP contribution in [0.15, 0.2) is 47.8 Å². The van der Waals surface area contributed by atoms with E-state index in [4.69, 9.17) is 4.98 Å². The van der Waals surface area contributed by atoms with E-state index in [1.54, 1.807) is 11.3 Å². The van der Waals surface area contributed by atoms with Crippen LogP contribution < -0.4 is 5.32 Å². The van der Waals surface area contributed by atoms with Gasteiger partial charge in [-0.1, -0.05) is 49.4 Å². The Morgan fingerprint density at radius 2 is 1.95 bits per heavy atom. The second-order valence-electron chi connectivity index (χ2n) is 4.45. The van der Waals surface area contributed by atoms with Crippen LogP contribution in [-0.4, -0.2) is 11.5 Å². The Morgan fingerprint density at radius 3 is 2.84 bits per heavy atom. The number of thiazole rings is 1. The Kier molecular flexibility index (Phi) is 3.58. The first-order valence-corrected chi connectivity index (χ1v) is 7.39. The van der Waals surface area contributed by atoms with Gasteiger partial charge < -0.3 is 5.32 Å². The molecule has 0 bridgehead atoms. The quantitative estimate of drug-likeness (QED) is 0.771. The molecule has 0 aliphatic rings. The summed E-state index contributed by atoms with van der Waals surface area (Å²) in [5, 5.41) is 9.09. The summed E-state index contributed by atoms with van der Waals surface area (Å²) in [5.74, 6) is 0. The summed E-state index contributed by atoms with van der Waals surface area (Å²) in [6.45, 7) is 3.93. The van der Waals surface area contributed by atoms with E-state index < -0.39 is 0 Å². The molecule has 2 nitrogen and oxygen atoms in total. The van der Waals surface area contributed by atoms with Gasteiger partial charge in [0.2, 0.25) is 0 Å². The van der Waals surface area contributed by atoms with Crippen molar-refractivity contribution >= 4 is 22.1 Å². The van der Waals surface area contributed by atoms with Crippen LogP contribution in [0.5, 0.6) is 0 Å². The van der Waals surface area contributed by atoms with Gasteiger partial charge in [-0.25, -0.2) is 4.98 Å². The number of benzene rings is 2. The number of rotatable bonds is 4. The van der Waals surface area contributed by atoms with Gasteiger partial charge in [0, 0.05) is 17.5 Å². The molecule has 1 aromatic heterocycles. The van der Waals surface area contributed by atoms with Crippen molar-refractivity contribution in [1.29, 1.82) is 0 Å². The summed E-state index contributed by atoms with van der Waals surface area (Å²) in [5.41, 5.74) is 2.35. The lowest BCUT2D eigenvalue weighted by Gasteiger charge is -2.03. The van der Waals surface area contributed by atoms with E-state index >= 15 is 0 Å². The highest BCUT2D eigenvalue weighted by atomic mass is 32.1. The SMILES string of the molecule is CCNCc1csc(-c2cccc3ccccc23)n1. The van der Waals surface area contributed by atoms with Crippen molar-refractivity contribution in [3.8, 4) is 10.6 Å². The van der Waals surface area contributed by atoms with Crippen molar-refractivity contribution in [2.75, 3.05) is 6.54 Å². The monoisotopic (exact) mass is 268 g/mol. The van der Waals surface area contributed by atoms with E-state index in [1.165, 1.54) is 16.3 Å². The molecule has 19 heavy (non-hydrogen) atoms. The van der Waals surface area contributed by atoms with Crippen molar-refractivity contribution in [2.45, 2.75) is 13.5 Å². The summed E-state index contributed by atoms with van der Waals surface area (Å²) in [6, 6.07) is 14.9. The van der Waals surface area contributed by atoms with Crippen LogP contribution in [0.25, 0.3) is 21.3 Å². The molecule has 0 saturated heterocycles. The summed E-state index contributed by atoms with van der Waals surface area (Å²) in [6.07, 6.45) is 0. The molecular weight excluding hydrogens is 252 g/mol. The van der Waals surface area contributed by atoms with Gasteiger partial charge in [-0.05, 0) is 17.3 Å². The first-order valence-electron chi connectivity index (χ1n) is 6.51. The molecule has 0 aliphatic heterocycles. The highest BCUT2D eigenvalue weighted by Crippen LogP contribution is 2.30. The number of aromatic nitrogens is 1. The van der Waals surface area contributed by atoms with Gasteiger partial charge in [-0.2, -0.15) is 0 Å². The fourth-order valence-corrected chi connectivity index (χ4v) is 3.04. The molecule has 0 atom stereocenters. The standard InChI is InChI=1S/C16H16N2S/c1-2-17-10-13-11-19-16(18-13)15-9-5-7-12-6-3-4-8-14(12)15/h3-9,11,17H,2,10H2,1H3. The van der Waals surface area contributed by atoms with Crippen molar-refractivity contribution in [2.24, 2.45) is 0 Å². The number of hydrogen-bond donors (Lipinski definition) is 1. The normalized spacial score (nSPS) is 11.0. The Hall–Kier alpha value is -1.71. The van der Waals surface area contributed by atoms with E-state index in [1.807, 2.05) is 0 Å². The molecule has 3 heteroatoms. The second kappa shape index (κ2) is 5.51. The summed E-state index contributed by atoms with van der Waals surface area (Å²) >= 11 is 1.72. The Labute approximate surface area is 117 Å².